The fraction of sp³-hybridized carbons (Fsp3) is 0.364. The van der Waals surface area contributed by atoms with Crippen LogP contribution in [0.2, 0.25) is 5.02 Å². The summed E-state index contributed by atoms with van der Waals surface area (Å²) < 4.78 is 4.92. The van der Waals surface area contributed by atoms with Crippen molar-refractivity contribution in [3.05, 3.63) is 34.3 Å². The Kier molecular flexibility index (Phi) is 3.03. The lowest BCUT2D eigenvalue weighted by atomic mass is 9.87. The molecule has 1 aromatic carbocycles. The van der Waals surface area contributed by atoms with Crippen LogP contribution in [0.4, 0.5) is 4.79 Å². The molecule has 5 heteroatoms. The zero-order valence-electron chi connectivity index (χ0n) is 8.52. The Labute approximate surface area is 98.0 Å². The van der Waals surface area contributed by atoms with E-state index in [4.69, 9.17) is 22.1 Å². The van der Waals surface area contributed by atoms with E-state index in [-0.39, 0.29) is 0 Å². The lowest BCUT2D eigenvalue weighted by molar-refractivity contribution is -0.00505. The van der Waals surface area contributed by atoms with Crippen molar-refractivity contribution in [3.63, 3.8) is 0 Å². The van der Waals surface area contributed by atoms with Gasteiger partial charge < -0.3 is 15.6 Å². The van der Waals surface area contributed by atoms with Gasteiger partial charge in [-0.05, 0) is 24.5 Å². The van der Waals surface area contributed by atoms with Gasteiger partial charge in [-0.25, -0.2) is 4.79 Å². The van der Waals surface area contributed by atoms with Crippen LogP contribution in [0.25, 0.3) is 0 Å². The first kappa shape index (κ1) is 11.2. The lowest BCUT2D eigenvalue weighted by Crippen LogP contribution is -2.31. The third kappa shape index (κ3) is 1.99. The number of benzene rings is 1. The SMILES string of the molecule is NC(=O)OC1c2c(Cl)cccc2CCC1O. The standard InChI is InChI=1S/C11H12ClNO3/c12-7-3-1-2-6-4-5-8(14)10(9(6)7)16-11(13)15/h1-3,8,10,14H,4-5H2,(H2,13,15). The van der Waals surface area contributed by atoms with Crippen LogP contribution in [0.3, 0.4) is 0 Å². The van der Waals surface area contributed by atoms with Crippen molar-refractivity contribution < 1.29 is 14.6 Å². The number of rotatable bonds is 1. The van der Waals surface area contributed by atoms with Gasteiger partial charge in [-0.2, -0.15) is 0 Å². The highest BCUT2D eigenvalue weighted by Crippen LogP contribution is 2.37. The fourth-order valence-corrected chi connectivity index (χ4v) is 2.33. The van der Waals surface area contributed by atoms with Gasteiger partial charge in [0.1, 0.15) is 0 Å². The van der Waals surface area contributed by atoms with E-state index in [1.807, 2.05) is 12.1 Å². The van der Waals surface area contributed by atoms with Crippen LogP contribution in [-0.2, 0) is 11.2 Å². The molecule has 86 valence electrons. The predicted octanol–water partition coefficient (Wildman–Crippen LogP) is 1.78. The largest absolute Gasteiger partial charge is 0.439 e. The molecule has 0 bridgehead atoms. The Balaban J connectivity index is 2.42. The van der Waals surface area contributed by atoms with Gasteiger partial charge in [0.15, 0.2) is 6.10 Å². The van der Waals surface area contributed by atoms with Crippen LogP contribution in [0, 0.1) is 0 Å². The number of fused-ring (bicyclic) bond motifs is 1. The number of primary amides is 1. The Morgan fingerprint density at radius 1 is 1.56 bits per heavy atom. The minimum atomic E-state index is -0.906. The van der Waals surface area contributed by atoms with E-state index in [1.165, 1.54) is 0 Å². The summed E-state index contributed by atoms with van der Waals surface area (Å²) in [5, 5.41) is 10.3. The highest BCUT2D eigenvalue weighted by molar-refractivity contribution is 6.31. The maximum absolute atomic E-state index is 10.8. The smallest absolute Gasteiger partial charge is 0.405 e. The number of aryl methyl sites for hydroxylation is 1. The number of ether oxygens (including phenoxy) is 1. The van der Waals surface area contributed by atoms with Crippen LogP contribution in [-0.4, -0.2) is 17.3 Å². The molecule has 0 heterocycles. The zero-order chi connectivity index (χ0) is 11.7. The average Bonchev–Trinajstić information content (AvgIpc) is 2.22. The number of hydrogen-bond donors (Lipinski definition) is 2. The molecule has 2 unspecified atom stereocenters. The van der Waals surface area contributed by atoms with Gasteiger partial charge in [0.25, 0.3) is 0 Å². The van der Waals surface area contributed by atoms with E-state index >= 15 is 0 Å². The van der Waals surface area contributed by atoms with Crippen LogP contribution >= 0.6 is 11.6 Å². The molecule has 0 saturated carbocycles. The molecule has 0 fully saturated rings. The number of aliphatic hydroxyl groups excluding tert-OH is 1. The lowest BCUT2D eigenvalue weighted by Gasteiger charge is -2.30. The first-order valence-electron chi connectivity index (χ1n) is 5.01. The Hall–Kier alpha value is -1.26. The van der Waals surface area contributed by atoms with E-state index in [1.54, 1.807) is 6.07 Å². The van der Waals surface area contributed by atoms with Crippen LogP contribution in [0.1, 0.15) is 23.7 Å². The molecule has 2 rings (SSSR count). The first-order valence-corrected chi connectivity index (χ1v) is 5.39. The van der Waals surface area contributed by atoms with Crippen LogP contribution in [0.5, 0.6) is 0 Å². The number of amides is 1. The zero-order valence-corrected chi connectivity index (χ0v) is 9.28. The summed E-state index contributed by atoms with van der Waals surface area (Å²) in [5.41, 5.74) is 6.64. The second-order valence-corrected chi connectivity index (χ2v) is 4.18. The van der Waals surface area contributed by atoms with Gasteiger partial charge in [-0.1, -0.05) is 23.7 Å². The van der Waals surface area contributed by atoms with Crippen molar-refractivity contribution in [2.45, 2.75) is 25.0 Å². The van der Waals surface area contributed by atoms with Crippen molar-refractivity contribution in [1.82, 2.24) is 0 Å². The molecule has 0 saturated heterocycles. The molecule has 1 aliphatic rings. The summed E-state index contributed by atoms with van der Waals surface area (Å²) in [6.07, 6.45) is -1.16. The molecule has 1 aromatic rings. The highest BCUT2D eigenvalue weighted by atomic mass is 35.5. The first-order chi connectivity index (χ1) is 7.59. The minimum absolute atomic E-state index is 0.488. The molecule has 2 atom stereocenters. The number of halogens is 1. The molecule has 16 heavy (non-hydrogen) atoms. The Bertz CT molecular complexity index is 422. The molecule has 1 aliphatic carbocycles. The summed E-state index contributed by atoms with van der Waals surface area (Å²) in [4.78, 5) is 10.8. The average molecular weight is 242 g/mol. The van der Waals surface area contributed by atoms with Crippen molar-refractivity contribution in [2.24, 2.45) is 5.73 Å². The fourth-order valence-electron chi connectivity index (χ4n) is 2.03. The summed E-state index contributed by atoms with van der Waals surface area (Å²) in [6.45, 7) is 0. The molecule has 0 radical (unpaired) electrons. The van der Waals surface area contributed by atoms with E-state index in [0.29, 0.717) is 17.0 Å². The second kappa shape index (κ2) is 4.31. The van der Waals surface area contributed by atoms with Crippen LogP contribution in [0.15, 0.2) is 18.2 Å². The number of hydrogen-bond acceptors (Lipinski definition) is 3. The predicted molar refractivity (Wildman–Crippen MR) is 59.2 cm³/mol. The number of aliphatic hydroxyl groups is 1. The Morgan fingerprint density at radius 2 is 2.31 bits per heavy atom. The number of carbonyl (C=O) groups is 1. The van der Waals surface area contributed by atoms with Crippen LogP contribution < -0.4 is 5.73 Å². The maximum Gasteiger partial charge on any atom is 0.405 e. The van der Waals surface area contributed by atoms with Crippen molar-refractivity contribution in [1.29, 1.82) is 0 Å². The quantitative estimate of drug-likeness (QED) is 0.787. The van der Waals surface area contributed by atoms with Crippen molar-refractivity contribution >= 4 is 17.7 Å². The summed E-state index contributed by atoms with van der Waals surface area (Å²) >= 11 is 6.04. The second-order valence-electron chi connectivity index (χ2n) is 3.78. The molecular weight excluding hydrogens is 230 g/mol. The molecule has 0 aliphatic heterocycles. The van der Waals surface area contributed by atoms with E-state index in [0.717, 1.165) is 12.0 Å². The van der Waals surface area contributed by atoms with E-state index in [9.17, 15) is 9.90 Å². The van der Waals surface area contributed by atoms with Gasteiger partial charge in [0.05, 0.1) is 6.10 Å². The maximum atomic E-state index is 10.8. The van der Waals surface area contributed by atoms with Gasteiger partial charge in [-0.15, -0.1) is 0 Å². The van der Waals surface area contributed by atoms with Gasteiger partial charge >= 0.3 is 6.09 Å². The van der Waals surface area contributed by atoms with E-state index < -0.39 is 18.3 Å². The van der Waals surface area contributed by atoms with E-state index in [2.05, 4.69) is 0 Å². The molecule has 3 N–H and O–H groups in total. The molecule has 0 spiro atoms. The summed E-state index contributed by atoms with van der Waals surface area (Å²) in [5.74, 6) is 0. The molecule has 1 amide bonds. The third-order valence-electron chi connectivity index (χ3n) is 2.73. The van der Waals surface area contributed by atoms with Crippen molar-refractivity contribution in [2.75, 3.05) is 0 Å². The Morgan fingerprint density at radius 3 is 3.00 bits per heavy atom. The topological polar surface area (TPSA) is 72.6 Å². The summed E-state index contributed by atoms with van der Waals surface area (Å²) in [6, 6.07) is 5.44. The third-order valence-corrected chi connectivity index (χ3v) is 3.06. The molecular formula is C11H12ClNO3. The summed E-state index contributed by atoms with van der Waals surface area (Å²) in [7, 11) is 0. The monoisotopic (exact) mass is 241 g/mol. The van der Waals surface area contributed by atoms with Gasteiger partial charge in [0, 0.05) is 10.6 Å². The number of nitrogens with two attached hydrogens (primary N) is 1. The normalized spacial score (nSPS) is 23.6. The number of carbonyl (C=O) groups excluding carboxylic acids is 1. The van der Waals surface area contributed by atoms with Crippen molar-refractivity contribution in [3.8, 4) is 0 Å². The minimum Gasteiger partial charge on any atom is -0.439 e. The van der Waals surface area contributed by atoms with Gasteiger partial charge in [-0.3, -0.25) is 0 Å². The molecule has 4 nitrogen and oxygen atoms in total. The molecule has 0 aromatic heterocycles. The highest BCUT2D eigenvalue weighted by Gasteiger charge is 2.32. The van der Waals surface area contributed by atoms with Gasteiger partial charge in [0.2, 0.25) is 0 Å².